The van der Waals surface area contributed by atoms with Crippen LogP contribution in [0.15, 0.2) is 231 Å². The summed E-state index contributed by atoms with van der Waals surface area (Å²) in [6.45, 7) is 0. The van der Waals surface area contributed by atoms with Gasteiger partial charge in [0, 0.05) is 55.8 Å². The van der Waals surface area contributed by atoms with E-state index in [4.69, 9.17) is 15.0 Å². The molecule has 5 aromatic heterocycles. The third-order valence-electron chi connectivity index (χ3n) is 12.7. The summed E-state index contributed by atoms with van der Waals surface area (Å²) in [7, 11) is 0. The Morgan fingerprint density at radius 1 is 0.292 bits per heavy atom. The smallest absolute Gasteiger partial charge is 0.164 e. The van der Waals surface area contributed by atoms with Crippen LogP contribution in [0.3, 0.4) is 0 Å². The molecule has 0 atom stereocenters. The number of fused-ring (bicyclic) bond motifs is 8. The maximum atomic E-state index is 5.11. The van der Waals surface area contributed by atoms with E-state index in [0.29, 0.717) is 17.5 Å². The topological polar surface area (TPSA) is 52.9 Å². The van der Waals surface area contributed by atoms with E-state index in [1.165, 1.54) is 38.1 Å². The second kappa shape index (κ2) is 14.9. The molecule has 0 N–H and O–H groups in total. The van der Waals surface area contributed by atoms with Crippen LogP contribution >= 0.6 is 0 Å². The summed E-state index contributed by atoms with van der Waals surface area (Å²) in [5, 5.41) is 4.84. The van der Waals surface area contributed by atoms with Crippen LogP contribution < -0.4 is 0 Å². The number of pyridine rings is 1. The molecule has 5 heterocycles. The molecule has 13 rings (SSSR count). The van der Waals surface area contributed by atoms with Gasteiger partial charge in [0.2, 0.25) is 0 Å². The Kier molecular flexibility index (Phi) is 8.42. The maximum absolute atomic E-state index is 5.11. The summed E-state index contributed by atoms with van der Waals surface area (Å²) in [5.74, 6) is 1.88. The van der Waals surface area contributed by atoms with Crippen molar-refractivity contribution in [2.75, 3.05) is 0 Å². The zero-order valence-electron chi connectivity index (χ0n) is 35.1. The summed E-state index contributed by atoms with van der Waals surface area (Å²) < 4.78 is 7.14. The van der Waals surface area contributed by atoms with Gasteiger partial charge in [0.25, 0.3) is 0 Å². The van der Waals surface area contributed by atoms with Crippen molar-refractivity contribution in [1.29, 1.82) is 0 Å². The Balaban J connectivity index is 1.05. The van der Waals surface area contributed by atoms with E-state index >= 15 is 0 Å². The molecule has 13 aromatic rings. The number of hydrogen-bond donors (Lipinski definition) is 0. The van der Waals surface area contributed by atoms with Crippen LogP contribution in [0, 0.1) is 0 Å². The first-order valence-electron chi connectivity index (χ1n) is 21.9. The van der Waals surface area contributed by atoms with Gasteiger partial charge in [0.1, 0.15) is 0 Å². The Morgan fingerprint density at radius 2 is 0.785 bits per heavy atom. The van der Waals surface area contributed by atoms with Gasteiger partial charge in [-0.1, -0.05) is 158 Å². The van der Waals surface area contributed by atoms with Gasteiger partial charge in [-0.3, -0.25) is 0 Å². The monoisotopic (exact) mass is 830 g/mol. The molecule has 0 aliphatic carbocycles. The molecule has 6 nitrogen and oxygen atoms in total. The third-order valence-corrected chi connectivity index (χ3v) is 12.7. The van der Waals surface area contributed by atoms with Gasteiger partial charge in [0.15, 0.2) is 17.5 Å². The van der Waals surface area contributed by atoms with Crippen LogP contribution in [0.1, 0.15) is 0 Å². The van der Waals surface area contributed by atoms with Crippen molar-refractivity contribution < 1.29 is 0 Å². The first-order valence-corrected chi connectivity index (χ1v) is 21.9. The van der Waals surface area contributed by atoms with Crippen LogP contribution in [-0.2, 0) is 0 Å². The Morgan fingerprint density at radius 3 is 1.46 bits per heavy atom. The minimum Gasteiger partial charge on any atom is -0.314 e. The number of nitrogens with zero attached hydrogens (tertiary/aromatic N) is 6. The van der Waals surface area contributed by atoms with Crippen molar-refractivity contribution >= 4 is 49.1 Å². The highest BCUT2D eigenvalue weighted by Gasteiger charge is 2.24. The summed E-state index contributed by atoms with van der Waals surface area (Å²) in [5.41, 5.74) is 15.4. The molecule has 0 radical (unpaired) electrons. The number of para-hydroxylation sites is 2. The fraction of sp³-hybridized carbons (Fsp3) is 0. The van der Waals surface area contributed by atoms with Crippen molar-refractivity contribution in [3.8, 4) is 67.9 Å². The molecule has 8 aromatic carbocycles. The molecule has 0 unspecified atom stereocenters. The van der Waals surface area contributed by atoms with Crippen LogP contribution in [0.5, 0.6) is 0 Å². The van der Waals surface area contributed by atoms with E-state index in [0.717, 1.165) is 61.4 Å². The van der Waals surface area contributed by atoms with Crippen molar-refractivity contribution in [3.05, 3.63) is 231 Å². The first-order chi connectivity index (χ1) is 32.2. The quantitative estimate of drug-likeness (QED) is 0.161. The molecule has 6 heteroatoms. The molecule has 0 bridgehead atoms. The van der Waals surface area contributed by atoms with E-state index in [9.17, 15) is 0 Å². The normalized spacial score (nSPS) is 11.7. The number of benzene rings is 8. The molecule has 0 spiro atoms. The number of aromatic nitrogens is 6. The highest BCUT2D eigenvalue weighted by molar-refractivity contribution is 6.21. The van der Waals surface area contributed by atoms with Gasteiger partial charge >= 0.3 is 0 Å². The standard InChI is InChI=1S/C59H38N6/c1-5-18-39(19-6-1)55-54-49-38-43(42-31-33-51-48(37-42)47-28-13-14-29-50(47)64(51)45-25-11-4-12-26-45)32-34-52(49)65(56(54)53-30-15-16-35-63(53)55)46-27-17-24-44(36-46)59-61-57(40-20-7-2-8-21-40)60-58(62-59)41-22-9-3-10-23-41/h1-38H. The third kappa shape index (κ3) is 5.99. The highest BCUT2D eigenvalue weighted by atomic mass is 15.0. The minimum atomic E-state index is 0.616. The summed E-state index contributed by atoms with van der Waals surface area (Å²) >= 11 is 0. The van der Waals surface area contributed by atoms with Gasteiger partial charge in [0.05, 0.1) is 33.3 Å². The highest BCUT2D eigenvalue weighted by Crippen LogP contribution is 2.45. The lowest BCUT2D eigenvalue weighted by molar-refractivity contribution is 1.07. The first kappa shape index (κ1) is 36.8. The summed E-state index contributed by atoms with van der Waals surface area (Å²) in [6.07, 6.45) is 2.19. The SMILES string of the molecule is c1ccc(-c2nc(-c3ccccc3)nc(-c3cccc(-n4c5ccc(-c6ccc7c(c6)c6ccccc6n7-c6ccccc6)cc5c5c(-c6ccccc6)n6ccccc6c54)c3)n2)cc1. The molecule has 0 aliphatic rings. The van der Waals surface area contributed by atoms with Crippen molar-refractivity contribution in [2.24, 2.45) is 0 Å². The Labute approximate surface area is 374 Å². The van der Waals surface area contributed by atoms with Gasteiger partial charge in [-0.25, -0.2) is 15.0 Å². The molecule has 0 saturated carbocycles. The molecular formula is C59H38N6. The second-order valence-corrected chi connectivity index (χ2v) is 16.5. The van der Waals surface area contributed by atoms with Crippen molar-refractivity contribution in [2.45, 2.75) is 0 Å². The molecule has 0 fully saturated rings. The van der Waals surface area contributed by atoms with E-state index < -0.39 is 0 Å². The lowest BCUT2D eigenvalue weighted by atomic mass is 9.99. The van der Waals surface area contributed by atoms with Gasteiger partial charge in [-0.05, 0) is 83.4 Å². The maximum Gasteiger partial charge on any atom is 0.164 e. The largest absolute Gasteiger partial charge is 0.314 e. The number of rotatable bonds is 7. The number of hydrogen-bond acceptors (Lipinski definition) is 3. The van der Waals surface area contributed by atoms with Crippen molar-refractivity contribution in [1.82, 2.24) is 28.5 Å². The minimum absolute atomic E-state index is 0.616. The predicted octanol–water partition coefficient (Wildman–Crippen LogP) is 14.7. The van der Waals surface area contributed by atoms with Crippen molar-refractivity contribution in [3.63, 3.8) is 0 Å². The predicted molar refractivity (Wildman–Crippen MR) is 267 cm³/mol. The average Bonchev–Trinajstić information content (AvgIpc) is 4.02. The molecule has 0 saturated heterocycles. The Hall–Kier alpha value is -8.87. The zero-order valence-corrected chi connectivity index (χ0v) is 35.1. The van der Waals surface area contributed by atoms with Gasteiger partial charge in [-0.15, -0.1) is 0 Å². The fourth-order valence-electron chi connectivity index (χ4n) is 9.78. The van der Waals surface area contributed by atoms with E-state index in [1.54, 1.807) is 0 Å². The average molecular weight is 831 g/mol. The van der Waals surface area contributed by atoms with Gasteiger partial charge < -0.3 is 13.5 Å². The second-order valence-electron chi connectivity index (χ2n) is 16.5. The lowest BCUT2D eigenvalue weighted by Gasteiger charge is -2.12. The summed E-state index contributed by atoms with van der Waals surface area (Å²) in [4.78, 5) is 15.2. The zero-order chi connectivity index (χ0) is 42.8. The molecule has 0 amide bonds. The van der Waals surface area contributed by atoms with Crippen LogP contribution in [0.4, 0.5) is 0 Å². The molecule has 65 heavy (non-hydrogen) atoms. The molecular weight excluding hydrogens is 793 g/mol. The van der Waals surface area contributed by atoms with Crippen LogP contribution in [-0.4, -0.2) is 28.5 Å². The van der Waals surface area contributed by atoms with Gasteiger partial charge in [-0.2, -0.15) is 0 Å². The summed E-state index contributed by atoms with van der Waals surface area (Å²) in [6, 6.07) is 79.4. The van der Waals surface area contributed by atoms with E-state index in [1.807, 2.05) is 60.7 Å². The Bertz CT molecular complexity index is 3870. The van der Waals surface area contributed by atoms with Crippen LogP contribution in [0.2, 0.25) is 0 Å². The van der Waals surface area contributed by atoms with Crippen LogP contribution in [0.25, 0.3) is 117 Å². The fourth-order valence-corrected chi connectivity index (χ4v) is 9.78. The van der Waals surface area contributed by atoms with E-state index in [-0.39, 0.29) is 0 Å². The lowest BCUT2D eigenvalue weighted by Crippen LogP contribution is -2.01. The molecule has 0 aliphatic heterocycles. The molecule has 304 valence electrons. The van der Waals surface area contributed by atoms with E-state index in [2.05, 4.69) is 184 Å².